The summed E-state index contributed by atoms with van der Waals surface area (Å²) in [6.45, 7) is 9.07. The number of hydrogen-bond acceptors (Lipinski definition) is 13. The van der Waals surface area contributed by atoms with E-state index in [1.165, 1.54) is 13.8 Å². The standard InChI is InChI=1S/C30H40O13/c1-12-8-16(32)23(35)28(6)15(12)10-17-29-11-40-30(26(38)39-7,24(36)19(34)21(28)29)22(29)20(25(37)41-17)42-18(33)9-13(2)27(4,5)43-14(3)31/h9,12,15,17,19-24,34-36H,8,10-11H2,1-7H3/b13-9+/t12-,15+,17-,19-,20-,21-,22-,23-,24+,28+,29?,30-/m1/s1. The minimum atomic E-state index is -2.33. The fraction of sp³-hybridized carbons (Fsp3) is 0.767. The maximum atomic E-state index is 13.7. The third-order valence-electron chi connectivity index (χ3n) is 11.2. The van der Waals surface area contributed by atoms with Gasteiger partial charge in [-0.2, -0.15) is 0 Å². The van der Waals surface area contributed by atoms with Crippen molar-refractivity contribution in [2.24, 2.45) is 34.5 Å². The number of aliphatic hydroxyl groups is 3. The average Bonchev–Trinajstić information content (AvgIpc) is 3.22. The Morgan fingerprint density at radius 3 is 2.35 bits per heavy atom. The van der Waals surface area contributed by atoms with Gasteiger partial charge in [-0.25, -0.2) is 14.4 Å². The molecule has 2 heterocycles. The van der Waals surface area contributed by atoms with Crippen LogP contribution in [0.5, 0.6) is 0 Å². The van der Waals surface area contributed by atoms with E-state index in [1.54, 1.807) is 20.8 Å². The molecule has 0 aromatic heterocycles. The molecule has 3 saturated carbocycles. The minimum absolute atomic E-state index is 0.0854. The van der Waals surface area contributed by atoms with Gasteiger partial charge in [-0.1, -0.05) is 13.8 Å². The van der Waals surface area contributed by atoms with Crippen LogP contribution in [-0.4, -0.2) is 100 Å². The van der Waals surface area contributed by atoms with Gasteiger partial charge in [0.2, 0.25) is 11.7 Å². The topological polar surface area (TPSA) is 192 Å². The number of carbonyl (C=O) groups excluding carboxylic acids is 5. The zero-order chi connectivity index (χ0) is 32.0. The largest absolute Gasteiger partial charge is 0.467 e. The number of carbonyl (C=O) groups is 5. The van der Waals surface area contributed by atoms with Gasteiger partial charge < -0.3 is 39.0 Å². The Morgan fingerprint density at radius 1 is 1.09 bits per heavy atom. The van der Waals surface area contributed by atoms with Gasteiger partial charge >= 0.3 is 23.9 Å². The van der Waals surface area contributed by atoms with Crippen LogP contribution in [0, 0.1) is 34.5 Å². The highest BCUT2D eigenvalue weighted by Crippen LogP contribution is 2.73. The smallest absolute Gasteiger partial charge is 0.348 e. The molecule has 43 heavy (non-hydrogen) atoms. The van der Waals surface area contributed by atoms with Crippen molar-refractivity contribution in [2.45, 2.75) is 96.1 Å². The predicted octanol–water partition coefficient (Wildman–Crippen LogP) is 0.00380. The summed E-state index contributed by atoms with van der Waals surface area (Å²) in [6.07, 6.45) is -6.65. The van der Waals surface area contributed by atoms with Crippen molar-refractivity contribution in [1.82, 2.24) is 0 Å². The van der Waals surface area contributed by atoms with Crippen molar-refractivity contribution in [1.29, 1.82) is 0 Å². The van der Waals surface area contributed by atoms with E-state index in [0.717, 1.165) is 13.2 Å². The molecule has 1 spiro atoms. The molecule has 238 valence electrons. The summed E-state index contributed by atoms with van der Waals surface area (Å²) in [6, 6.07) is 0. The first-order valence-corrected chi connectivity index (χ1v) is 14.5. The predicted molar refractivity (Wildman–Crippen MR) is 142 cm³/mol. The molecule has 0 aromatic rings. The van der Waals surface area contributed by atoms with Crippen molar-refractivity contribution in [2.75, 3.05) is 13.7 Å². The first kappa shape index (κ1) is 31.6. The van der Waals surface area contributed by atoms with Gasteiger partial charge in [0.25, 0.3) is 0 Å². The Balaban J connectivity index is 1.65. The van der Waals surface area contributed by atoms with Crippen molar-refractivity contribution in [3.8, 4) is 0 Å². The lowest BCUT2D eigenvalue weighted by molar-refractivity contribution is -0.306. The molecular formula is C30H40O13. The van der Waals surface area contributed by atoms with E-state index in [9.17, 15) is 39.3 Å². The molecule has 13 heteroatoms. The van der Waals surface area contributed by atoms with E-state index in [-0.39, 0.29) is 30.9 Å². The summed E-state index contributed by atoms with van der Waals surface area (Å²) < 4.78 is 28.0. The number of rotatable bonds is 5. The van der Waals surface area contributed by atoms with E-state index < -0.39 is 100.0 Å². The monoisotopic (exact) mass is 608 g/mol. The van der Waals surface area contributed by atoms with E-state index >= 15 is 0 Å². The van der Waals surface area contributed by atoms with E-state index in [2.05, 4.69) is 0 Å². The van der Waals surface area contributed by atoms with Crippen LogP contribution < -0.4 is 0 Å². The van der Waals surface area contributed by atoms with Crippen LogP contribution >= 0.6 is 0 Å². The molecule has 2 aliphatic heterocycles. The molecule has 0 amide bonds. The van der Waals surface area contributed by atoms with Gasteiger partial charge in [0, 0.05) is 36.2 Å². The second-order valence-electron chi connectivity index (χ2n) is 13.5. The summed E-state index contributed by atoms with van der Waals surface area (Å²) in [5.41, 5.74) is -6.01. The van der Waals surface area contributed by atoms with Crippen molar-refractivity contribution in [3.05, 3.63) is 11.6 Å². The SMILES string of the molecule is COC(=O)[C@@]12OCC34[C@H]1[C@@H](OC(=O)/C=C(\C)C(C)(C)OC(C)=O)C(=O)O[C@@H]3C[C@H]1[C@H](C)CC(=O)[C@@H](O)[C@]1(C)[C@H]4[C@@H](O)[C@@H]2O. The normalized spacial score (nSPS) is 45.3. The highest BCUT2D eigenvalue weighted by molar-refractivity contribution is 5.90. The zero-order valence-corrected chi connectivity index (χ0v) is 25.3. The summed E-state index contributed by atoms with van der Waals surface area (Å²) in [7, 11) is 1.06. The molecule has 3 N–H and O–H groups in total. The number of methoxy groups -OCH3 is 1. The Labute approximate surface area is 248 Å². The van der Waals surface area contributed by atoms with Crippen molar-refractivity contribution >= 4 is 29.7 Å². The Bertz CT molecular complexity index is 1290. The molecule has 5 aliphatic rings. The summed E-state index contributed by atoms with van der Waals surface area (Å²) >= 11 is 0. The molecule has 1 unspecified atom stereocenters. The molecule has 0 radical (unpaired) electrons. The second-order valence-corrected chi connectivity index (χ2v) is 13.5. The summed E-state index contributed by atoms with van der Waals surface area (Å²) in [4.78, 5) is 65.0. The fourth-order valence-electron chi connectivity index (χ4n) is 9.18. The number of aliphatic hydroxyl groups excluding tert-OH is 3. The van der Waals surface area contributed by atoms with Crippen LogP contribution in [0.4, 0.5) is 0 Å². The molecule has 5 rings (SSSR count). The lowest BCUT2D eigenvalue weighted by Gasteiger charge is -2.68. The number of Topliss-reactive ketones (excluding diaryl/α,β-unsaturated/α-hetero) is 1. The molecular weight excluding hydrogens is 568 g/mol. The van der Waals surface area contributed by atoms with Gasteiger partial charge in [-0.3, -0.25) is 9.59 Å². The third kappa shape index (κ3) is 4.07. The first-order chi connectivity index (χ1) is 19.9. The quantitative estimate of drug-likeness (QED) is 0.215. The number of hydrogen-bond donors (Lipinski definition) is 3. The van der Waals surface area contributed by atoms with Crippen LogP contribution in [0.15, 0.2) is 11.6 Å². The maximum absolute atomic E-state index is 13.7. The third-order valence-corrected chi connectivity index (χ3v) is 11.2. The maximum Gasteiger partial charge on any atom is 0.348 e. The highest BCUT2D eigenvalue weighted by atomic mass is 16.6. The van der Waals surface area contributed by atoms with E-state index in [4.69, 9.17) is 23.7 Å². The van der Waals surface area contributed by atoms with Gasteiger partial charge in [0.15, 0.2) is 5.78 Å². The van der Waals surface area contributed by atoms with Crippen LogP contribution in [0.25, 0.3) is 0 Å². The van der Waals surface area contributed by atoms with Gasteiger partial charge in [0.1, 0.15) is 23.9 Å². The van der Waals surface area contributed by atoms with E-state index in [1.807, 2.05) is 6.92 Å². The molecule has 3 aliphatic carbocycles. The number of ketones is 1. The average molecular weight is 609 g/mol. The molecule has 5 fully saturated rings. The van der Waals surface area contributed by atoms with Crippen LogP contribution in [0.3, 0.4) is 0 Å². The lowest BCUT2D eigenvalue weighted by atomic mass is 9.37. The van der Waals surface area contributed by atoms with Crippen LogP contribution in [-0.2, 0) is 47.7 Å². The van der Waals surface area contributed by atoms with Crippen LogP contribution in [0.1, 0.15) is 54.4 Å². The van der Waals surface area contributed by atoms with Crippen LogP contribution in [0.2, 0.25) is 0 Å². The van der Waals surface area contributed by atoms with Gasteiger partial charge in [-0.05, 0) is 44.6 Å². The molecule has 12 atom stereocenters. The number of ether oxygens (including phenoxy) is 5. The summed E-state index contributed by atoms with van der Waals surface area (Å²) in [5.74, 6) is -7.26. The lowest BCUT2D eigenvalue weighted by Crippen LogP contribution is -2.80. The molecule has 13 nitrogen and oxygen atoms in total. The van der Waals surface area contributed by atoms with Crippen molar-refractivity contribution in [3.63, 3.8) is 0 Å². The first-order valence-electron chi connectivity index (χ1n) is 14.5. The Kier molecular flexibility index (Phi) is 7.40. The Morgan fingerprint density at radius 2 is 1.74 bits per heavy atom. The number of fused-ring (bicyclic) bond motifs is 2. The molecule has 0 aromatic carbocycles. The van der Waals surface area contributed by atoms with Gasteiger partial charge in [0.05, 0.1) is 25.7 Å². The fourth-order valence-corrected chi connectivity index (χ4v) is 9.18. The number of esters is 4. The molecule has 2 bridgehead atoms. The Hall–Kier alpha value is -2.87. The summed E-state index contributed by atoms with van der Waals surface area (Å²) in [5, 5.41) is 34.8. The van der Waals surface area contributed by atoms with E-state index in [0.29, 0.717) is 0 Å². The molecule has 2 saturated heterocycles. The van der Waals surface area contributed by atoms with Gasteiger partial charge in [-0.15, -0.1) is 0 Å². The minimum Gasteiger partial charge on any atom is -0.467 e. The van der Waals surface area contributed by atoms with Crippen molar-refractivity contribution < 1.29 is 63.0 Å². The second kappa shape index (κ2) is 10.1. The zero-order valence-electron chi connectivity index (χ0n) is 25.3. The highest BCUT2D eigenvalue weighted by Gasteiger charge is 2.86.